The van der Waals surface area contributed by atoms with Gasteiger partial charge in [-0.15, -0.1) is 0 Å². The van der Waals surface area contributed by atoms with Crippen molar-refractivity contribution in [2.45, 2.75) is 62.7 Å². The molecule has 3 rings (SSSR count). The summed E-state index contributed by atoms with van der Waals surface area (Å²) < 4.78 is 5.80. The highest BCUT2D eigenvalue weighted by Crippen LogP contribution is 2.39. The Hall–Kier alpha value is -1.63. The van der Waals surface area contributed by atoms with Crippen LogP contribution in [-0.2, 0) is 14.3 Å². The molecule has 24 heavy (non-hydrogen) atoms. The van der Waals surface area contributed by atoms with Crippen molar-refractivity contribution in [3.63, 3.8) is 0 Å². The van der Waals surface area contributed by atoms with Gasteiger partial charge in [0.2, 0.25) is 0 Å². The fraction of sp³-hybridized carbons (Fsp3) is 0.824. The molecule has 0 aromatic heterocycles. The summed E-state index contributed by atoms with van der Waals surface area (Å²) in [5.41, 5.74) is -0.646. The van der Waals surface area contributed by atoms with Gasteiger partial charge in [-0.05, 0) is 25.7 Å². The predicted molar refractivity (Wildman–Crippen MR) is 87.3 cm³/mol. The third kappa shape index (κ3) is 2.68. The van der Waals surface area contributed by atoms with Crippen molar-refractivity contribution in [1.82, 2.24) is 14.7 Å². The molecule has 2 saturated heterocycles. The van der Waals surface area contributed by atoms with E-state index in [1.165, 1.54) is 9.80 Å². The summed E-state index contributed by atoms with van der Waals surface area (Å²) >= 11 is 0. The van der Waals surface area contributed by atoms with E-state index >= 15 is 0 Å². The van der Waals surface area contributed by atoms with Crippen LogP contribution in [0.25, 0.3) is 0 Å². The Kier molecular flexibility index (Phi) is 4.55. The lowest BCUT2D eigenvalue weighted by molar-refractivity contribution is -0.141. The van der Waals surface area contributed by atoms with Gasteiger partial charge in [0.25, 0.3) is 11.8 Å². The van der Waals surface area contributed by atoms with Crippen LogP contribution in [0.1, 0.15) is 44.9 Å². The Morgan fingerprint density at radius 2 is 1.88 bits per heavy atom. The number of hydrogen-bond donors (Lipinski definition) is 0. The zero-order valence-electron chi connectivity index (χ0n) is 14.8. The number of carbonyl (C=O) groups excluding carboxylic acids is 3. The molecule has 1 saturated carbocycles. The minimum atomic E-state index is -0.646. The maximum Gasteiger partial charge on any atom is 0.327 e. The third-order valence-electron chi connectivity index (χ3n) is 5.69. The van der Waals surface area contributed by atoms with Crippen LogP contribution >= 0.6 is 0 Å². The summed E-state index contributed by atoms with van der Waals surface area (Å²) in [5, 5.41) is 0. The molecule has 7 nitrogen and oxygen atoms in total. The molecule has 0 N–H and O–H groups in total. The predicted octanol–water partition coefficient (Wildman–Crippen LogP) is 1.22. The van der Waals surface area contributed by atoms with E-state index in [1.54, 1.807) is 26.0 Å². The molecule has 3 fully saturated rings. The van der Waals surface area contributed by atoms with Crippen molar-refractivity contribution in [3.8, 4) is 0 Å². The first-order chi connectivity index (χ1) is 11.4. The van der Waals surface area contributed by atoms with E-state index < -0.39 is 11.6 Å². The second kappa shape index (κ2) is 6.35. The Balaban J connectivity index is 1.67. The average molecular weight is 337 g/mol. The van der Waals surface area contributed by atoms with E-state index in [2.05, 4.69) is 0 Å². The molecule has 134 valence electrons. The zero-order chi connectivity index (χ0) is 17.5. The second-order valence-electron chi connectivity index (χ2n) is 7.41. The summed E-state index contributed by atoms with van der Waals surface area (Å²) in [5.74, 6) is -0.141. The van der Waals surface area contributed by atoms with Crippen molar-refractivity contribution in [2.75, 3.05) is 27.7 Å². The lowest BCUT2D eigenvalue weighted by Gasteiger charge is -2.35. The third-order valence-corrected chi connectivity index (χ3v) is 5.69. The largest absolute Gasteiger partial charge is 0.363 e. The van der Waals surface area contributed by atoms with Gasteiger partial charge in [0, 0.05) is 21.1 Å². The number of nitrogens with zero attached hydrogens (tertiary/aromatic N) is 3. The molecule has 4 amide bonds. The second-order valence-corrected chi connectivity index (χ2v) is 7.41. The van der Waals surface area contributed by atoms with Gasteiger partial charge in [0.15, 0.2) is 0 Å². The number of hydrogen-bond acceptors (Lipinski definition) is 4. The number of amides is 4. The standard InChI is InChI=1S/C17H27N3O4/c1-18(2)14(21)13-8-7-12(24-13)11-20-15(22)17(19(3)16(20)23)9-5-4-6-10-17/h12-13H,4-11H2,1-3H3. The van der Waals surface area contributed by atoms with E-state index in [0.717, 1.165) is 32.1 Å². The summed E-state index contributed by atoms with van der Waals surface area (Å²) in [7, 11) is 5.14. The van der Waals surface area contributed by atoms with E-state index in [-0.39, 0.29) is 30.5 Å². The molecule has 0 aromatic rings. The molecule has 2 atom stereocenters. The van der Waals surface area contributed by atoms with Crippen LogP contribution in [0.4, 0.5) is 4.79 Å². The molecule has 1 aliphatic carbocycles. The highest BCUT2D eigenvalue weighted by atomic mass is 16.5. The molecule has 3 aliphatic rings. The van der Waals surface area contributed by atoms with Crippen LogP contribution in [-0.4, -0.2) is 78.0 Å². The lowest BCUT2D eigenvalue weighted by Crippen LogP contribution is -2.49. The molecular formula is C17H27N3O4. The Bertz CT molecular complexity index is 542. The first-order valence-corrected chi connectivity index (χ1v) is 8.83. The van der Waals surface area contributed by atoms with Crippen LogP contribution in [0.5, 0.6) is 0 Å². The first kappa shape index (κ1) is 17.2. The molecule has 2 heterocycles. The van der Waals surface area contributed by atoms with E-state index in [1.807, 2.05) is 0 Å². The van der Waals surface area contributed by atoms with E-state index in [9.17, 15) is 14.4 Å². The number of ether oxygens (including phenoxy) is 1. The lowest BCUT2D eigenvalue weighted by atomic mass is 9.81. The van der Waals surface area contributed by atoms with Crippen LogP contribution < -0.4 is 0 Å². The average Bonchev–Trinajstić information content (AvgIpc) is 3.11. The number of urea groups is 1. The van der Waals surface area contributed by atoms with Crippen LogP contribution in [0.2, 0.25) is 0 Å². The smallest absolute Gasteiger partial charge is 0.327 e. The first-order valence-electron chi connectivity index (χ1n) is 8.83. The van der Waals surface area contributed by atoms with E-state index in [0.29, 0.717) is 12.8 Å². The molecular weight excluding hydrogens is 310 g/mol. The topological polar surface area (TPSA) is 70.2 Å². The van der Waals surface area contributed by atoms with E-state index in [4.69, 9.17) is 4.74 Å². The van der Waals surface area contributed by atoms with Crippen LogP contribution in [0.3, 0.4) is 0 Å². The monoisotopic (exact) mass is 337 g/mol. The zero-order valence-corrected chi connectivity index (χ0v) is 14.8. The minimum absolute atomic E-state index is 0.0579. The van der Waals surface area contributed by atoms with Crippen LogP contribution in [0.15, 0.2) is 0 Å². The fourth-order valence-electron chi connectivity index (χ4n) is 4.21. The minimum Gasteiger partial charge on any atom is -0.363 e. The quantitative estimate of drug-likeness (QED) is 0.726. The van der Waals surface area contributed by atoms with Gasteiger partial charge in [0.05, 0.1) is 12.6 Å². The van der Waals surface area contributed by atoms with Gasteiger partial charge in [-0.2, -0.15) is 0 Å². The summed E-state index contributed by atoms with van der Waals surface area (Å²) in [6, 6.07) is -0.229. The molecule has 1 spiro atoms. The summed E-state index contributed by atoms with van der Waals surface area (Å²) in [6.07, 6.45) is 5.20. The van der Waals surface area contributed by atoms with Gasteiger partial charge in [0.1, 0.15) is 11.6 Å². The fourth-order valence-corrected chi connectivity index (χ4v) is 4.21. The number of likely N-dealkylation sites (N-methyl/N-ethyl adjacent to an activating group) is 2. The maximum absolute atomic E-state index is 12.9. The highest BCUT2D eigenvalue weighted by molar-refractivity contribution is 6.07. The summed E-state index contributed by atoms with van der Waals surface area (Å²) in [4.78, 5) is 42.0. The number of rotatable bonds is 3. The summed E-state index contributed by atoms with van der Waals surface area (Å²) in [6.45, 7) is 0.251. The van der Waals surface area contributed by atoms with Crippen molar-refractivity contribution in [1.29, 1.82) is 0 Å². The molecule has 0 bridgehead atoms. The van der Waals surface area contributed by atoms with Crippen molar-refractivity contribution in [2.24, 2.45) is 0 Å². The number of imide groups is 1. The molecule has 2 aliphatic heterocycles. The van der Waals surface area contributed by atoms with Crippen molar-refractivity contribution in [3.05, 3.63) is 0 Å². The van der Waals surface area contributed by atoms with Gasteiger partial charge in [-0.1, -0.05) is 19.3 Å². The maximum atomic E-state index is 12.9. The van der Waals surface area contributed by atoms with Crippen molar-refractivity contribution < 1.29 is 19.1 Å². The Labute approximate surface area is 142 Å². The SMILES string of the molecule is CN(C)C(=O)C1CCC(CN2C(=O)N(C)C3(CCCCC3)C2=O)O1. The normalized spacial score (nSPS) is 29.6. The Morgan fingerprint density at radius 1 is 1.21 bits per heavy atom. The molecule has 2 unspecified atom stereocenters. The molecule has 0 aromatic carbocycles. The Morgan fingerprint density at radius 3 is 2.50 bits per heavy atom. The van der Waals surface area contributed by atoms with Crippen LogP contribution in [0, 0.1) is 0 Å². The van der Waals surface area contributed by atoms with Crippen molar-refractivity contribution >= 4 is 17.8 Å². The van der Waals surface area contributed by atoms with Gasteiger partial charge < -0.3 is 14.5 Å². The number of carbonyl (C=O) groups is 3. The van der Waals surface area contributed by atoms with Gasteiger partial charge in [-0.3, -0.25) is 14.5 Å². The van der Waals surface area contributed by atoms with Gasteiger partial charge >= 0.3 is 6.03 Å². The molecule has 7 heteroatoms. The highest BCUT2D eigenvalue weighted by Gasteiger charge is 2.56. The molecule has 0 radical (unpaired) electrons. The van der Waals surface area contributed by atoms with Gasteiger partial charge in [-0.25, -0.2) is 4.79 Å².